The Bertz CT molecular complexity index is 412. The summed E-state index contributed by atoms with van der Waals surface area (Å²) < 4.78 is 0. The maximum Gasteiger partial charge on any atom is 0.137 e. The van der Waals surface area contributed by atoms with E-state index in [0.717, 1.165) is 11.6 Å². The van der Waals surface area contributed by atoms with Crippen molar-refractivity contribution in [3.8, 4) is 0 Å². The number of pyridine rings is 1. The zero-order valence-electron chi connectivity index (χ0n) is 6.75. The van der Waals surface area contributed by atoms with Crippen LogP contribution in [0, 0.1) is 0 Å². The predicted octanol–water partition coefficient (Wildman–Crippen LogP) is 2.44. The Kier molecular flexibility index (Phi) is 1.09. The van der Waals surface area contributed by atoms with Crippen molar-refractivity contribution in [1.82, 2.24) is 9.97 Å². The topological polar surface area (TPSA) is 28.7 Å². The number of fused-ring (bicyclic) bond motifs is 1. The molecule has 0 aliphatic heterocycles. The summed E-state index contributed by atoms with van der Waals surface area (Å²) in [6.45, 7) is 0. The van der Waals surface area contributed by atoms with Gasteiger partial charge in [0, 0.05) is 23.2 Å². The number of H-pyrrole nitrogens is 1. The first-order valence-corrected chi connectivity index (χ1v) is 4.37. The minimum Gasteiger partial charge on any atom is -0.346 e. The van der Waals surface area contributed by atoms with Crippen molar-refractivity contribution >= 4 is 11.0 Å². The van der Waals surface area contributed by atoms with Gasteiger partial charge in [0.2, 0.25) is 0 Å². The Hall–Kier alpha value is -1.31. The Morgan fingerprint density at radius 1 is 1.25 bits per heavy atom. The molecule has 0 bridgehead atoms. The Balaban J connectivity index is 2.21. The van der Waals surface area contributed by atoms with Gasteiger partial charge in [0.05, 0.1) is 0 Å². The van der Waals surface area contributed by atoms with Gasteiger partial charge in [0.25, 0.3) is 0 Å². The molecule has 1 aliphatic rings. The monoisotopic (exact) mass is 158 g/mol. The smallest absolute Gasteiger partial charge is 0.137 e. The summed E-state index contributed by atoms with van der Waals surface area (Å²) in [4.78, 5) is 7.67. The molecule has 0 saturated heterocycles. The SMILES string of the molecule is c1cc2ccc(C3CC3)nc2[nH]1. The molecule has 1 N–H and O–H groups in total. The van der Waals surface area contributed by atoms with Crippen molar-refractivity contribution in [1.29, 1.82) is 0 Å². The van der Waals surface area contributed by atoms with Crippen LogP contribution in [0.2, 0.25) is 0 Å². The minimum atomic E-state index is 0.748. The van der Waals surface area contributed by atoms with E-state index in [1.165, 1.54) is 23.9 Å². The average molecular weight is 158 g/mol. The van der Waals surface area contributed by atoms with Crippen molar-refractivity contribution in [3.05, 3.63) is 30.1 Å². The third kappa shape index (κ3) is 0.843. The van der Waals surface area contributed by atoms with Crippen LogP contribution < -0.4 is 0 Å². The van der Waals surface area contributed by atoms with Crippen molar-refractivity contribution in [3.63, 3.8) is 0 Å². The van der Waals surface area contributed by atoms with E-state index < -0.39 is 0 Å². The van der Waals surface area contributed by atoms with Crippen molar-refractivity contribution in [2.45, 2.75) is 18.8 Å². The van der Waals surface area contributed by atoms with E-state index in [1.807, 2.05) is 6.20 Å². The lowest BCUT2D eigenvalue weighted by Crippen LogP contribution is -1.85. The van der Waals surface area contributed by atoms with Gasteiger partial charge in [0.1, 0.15) is 5.65 Å². The molecular formula is C10H10N2. The summed E-state index contributed by atoms with van der Waals surface area (Å²) >= 11 is 0. The number of aromatic nitrogens is 2. The quantitative estimate of drug-likeness (QED) is 0.678. The Morgan fingerprint density at radius 3 is 3.00 bits per heavy atom. The molecule has 0 atom stereocenters. The molecule has 12 heavy (non-hydrogen) atoms. The van der Waals surface area contributed by atoms with Gasteiger partial charge < -0.3 is 4.98 Å². The van der Waals surface area contributed by atoms with Crippen LogP contribution in [0.1, 0.15) is 24.5 Å². The van der Waals surface area contributed by atoms with Gasteiger partial charge in [0.15, 0.2) is 0 Å². The average Bonchev–Trinajstić information content (AvgIpc) is 2.84. The molecule has 2 heteroatoms. The van der Waals surface area contributed by atoms with Crippen LogP contribution in [0.3, 0.4) is 0 Å². The maximum atomic E-state index is 4.54. The van der Waals surface area contributed by atoms with Crippen LogP contribution in [0.5, 0.6) is 0 Å². The highest BCUT2D eigenvalue weighted by molar-refractivity contribution is 5.75. The molecule has 0 aromatic carbocycles. The van der Waals surface area contributed by atoms with Gasteiger partial charge in [-0.1, -0.05) is 0 Å². The van der Waals surface area contributed by atoms with Gasteiger partial charge in [-0.15, -0.1) is 0 Å². The van der Waals surface area contributed by atoms with Crippen LogP contribution in [-0.4, -0.2) is 9.97 Å². The zero-order chi connectivity index (χ0) is 7.97. The molecule has 1 fully saturated rings. The summed E-state index contributed by atoms with van der Waals surface area (Å²) in [7, 11) is 0. The molecule has 0 spiro atoms. The molecule has 1 aliphatic carbocycles. The van der Waals surface area contributed by atoms with Crippen LogP contribution in [-0.2, 0) is 0 Å². The summed E-state index contributed by atoms with van der Waals surface area (Å²) in [5, 5.41) is 1.21. The fraction of sp³-hybridized carbons (Fsp3) is 0.300. The molecule has 0 radical (unpaired) electrons. The number of rotatable bonds is 1. The number of aromatic amines is 1. The zero-order valence-corrected chi connectivity index (χ0v) is 6.75. The van der Waals surface area contributed by atoms with Crippen molar-refractivity contribution in [2.24, 2.45) is 0 Å². The Morgan fingerprint density at radius 2 is 2.17 bits per heavy atom. The first kappa shape index (κ1) is 6.23. The third-order valence-corrected chi connectivity index (χ3v) is 2.43. The highest BCUT2D eigenvalue weighted by Crippen LogP contribution is 2.39. The third-order valence-electron chi connectivity index (χ3n) is 2.43. The molecule has 0 amide bonds. The van der Waals surface area contributed by atoms with Crippen molar-refractivity contribution in [2.75, 3.05) is 0 Å². The van der Waals surface area contributed by atoms with Gasteiger partial charge in [-0.3, -0.25) is 0 Å². The molecule has 2 nitrogen and oxygen atoms in total. The minimum absolute atomic E-state index is 0.748. The van der Waals surface area contributed by atoms with Gasteiger partial charge in [-0.25, -0.2) is 4.98 Å². The first-order valence-electron chi connectivity index (χ1n) is 4.37. The van der Waals surface area contributed by atoms with Gasteiger partial charge in [-0.05, 0) is 31.0 Å². The number of hydrogen-bond acceptors (Lipinski definition) is 1. The summed E-state index contributed by atoms with van der Waals surface area (Å²) in [5.74, 6) is 0.748. The number of hydrogen-bond donors (Lipinski definition) is 1. The second kappa shape index (κ2) is 2.09. The molecule has 2 aromatic rings. The fourth-order valence-electron chi connectivity index (χ4n) is 1.55. The molecule has 0 unspecified atom stereocenters. The first-order chi connectivity index (χ1) is 5.93. The molecule has 1 saturated carbocycles. The molecule has 60 valence electrons. The standard InChI is InChI=1S/C10H10N2/c1-2-7(1)9-4-3-8-5-6-11-10(8)12-9/h3-7H,1-2H2,(H,11,12). The van der Waals surface area contributed by atoms with E-state index in [0.29, 0.717) is 0 Å². The number of nitrogens with zero attached hydrogens (tertiary/aromatic N) is 1. The van der Waals surface area contributed by atoms with E-state index in [-0.39, 0.29) is 0 Å². The highest BCUT2D eigenvalue weighted by Gasteiger charge is 2.24. The second-order valence-corrected chi connectivity index (χ2v) is 3.43. The summed E-state index contributed by atoms with van der Waals surface area (Å²) in [6.07, 6.45) is 4.58. The van der Waals surface area contributed by atoms with E-state index in [1.54, 1.807) is 0 Å². The highest BCUT2D eigenvalue weighted by atomic mass is 14.9. The lowest BCUT2D eigenvalue weighted by atomic mass is 10.2. The van der Waals surface area contributed by atoms with E-state index in [2.05, 4.69) is 28.2 Å². The van der Waals surface area contributed by atoms with E-state index in [4.69, 9.17) is 0 Å². The van der Waals surface area contributed by atoms with Crippen LogP contribution in [0.25, 0.3) is 11.0 Å². The van der Waals surface area contributed by atoms with Crippen LogP contribution in [0.15, 0.2) is 24.4 Å². The molecule has 3 rings (SSSR count). The van der Waals surface area contributed by atoms with E-state index in [9.17, 15) is 0 Å². The maximum absolute atomic E-state index is 4.54. The van der Waals surface area contributed by atoms with Crippen molar-refractivity contribution < 1.29 is 0 Å². The van der Waals surface area contributed by atoms with Gasteiger partial charge >= 0.3 is 0 Å². The molecule has 2 aromatic heterocycles. The fourth-order valence-corrected chi connectivity index (χ4v) is 1.55. The summed E-state index contributed by atoms with van der Waals surface area (Å²) in [6, 6.07) is 6.35. The summed E-state index contributed by atoms with van der Waals surface area (Å²) in [5.41, 5.74) is 2.28. The number of nitrogens with one attached hydrogen (secondary N) is 1. The predicted molar refractivity (Wildman–Crippen MR) is 48.1 cm³/mol. The van der Waals surface area contributed by atoms with Crippen LogP contribution in [0.4, 0.5) is 0 Å². The van der Waals surface area contributed by atoms with Gasteiger partial charge in [-0.2, -0.15) is 0 Å². The van der Waals surface area contributed by atoms with E-state index >= 15 is 0 Å². The Labute approximate surface area is 70.6 Å². The lowest BCUT2D eigenvalue weighted by Gasteiger charge is -1.95. The molecular weight excluding hydrogens is 148 g/mol. The normalized spacial score (nSPS) is 17.0. The molecule has 2 heterocycles. The largest absolute Gasteiger partial charge is 0.346 e. The second-order valence-electron chi connectivity index (χ2n) is 3.43. The lowest BCUT2D eigenvalue weighted by molar-refractivity contribution is 1.04. The van der Waals surface area contributed by atoms with Crippen LogP contribution >= 0.6 is 0 Å².